The molecule has 0 radical (unpaired) electrons. The number of amides is 1. The van der Waals surface area contributed by atoms with Gasteiger partial charge < -0.3 is 20.3 Å². The van der Waals surface area contributed by atoms with Gasteiger partial charge in [-0.05, 0) is 35.7 Å². The first-order valence-corrected chi connectivity index (χ1v) is 11.7. The minimum absolute atomic E-state index is 0.183. The van der Waals surface area contributed by atoms with Gasteiger partial charge in [0.15, 0.2) is 11.5 Å². The van der Waals surface area contributed by atoms with Gasteiger partial charge in [0.2, 0.25) is 5.91 Å². The molecule has 2 unspecified atom stereocenters. The third-order valence-electron chi connectivity index (χ3n) is 5.78. The van der Waals surface area contributed by atoms with Crippen LogP contribution in [0.25, 0.3) is 0 Å². The number of piperazine rings is 1. The Morgan fingerprint density at radius 3 is 2.44 bits per heavy atom. The number of methoxy groups -OCH3 is 1. The zero-order valence-electron chi connectivity index (χ0n) is 18.7. The van der Waals surface area contributed by atoms with Gasteiger partial charge in [-0.2, -0.15) is 0 Å². The number of para-hydroxylation sites is 2. The van der Waals surface area contributed by atoms with Gasteiger partial charge in [0.25, 0.3) is 0 Å². The van der Waals surface area contributed by atoms with Gasteiger partial charge in [-0.3, -0.25) is 14.6 Å². The highest BCUT2D eigenvalue weighted by Gasteiger charge is 2.30. The normalized spacial score (nSPS) is 17.0. The average Bonchev–Trinajstić information content (AvgIpc) is 2.79. The van der Waals surface area contributed by atoms with Crippen LogP contribution >= 0.6 is 15.9 Å². The first-order chi connectivity index (χ1) is 15.4. The second-order valence-corrected chi connectivity index (χ2v) is 8.82. The molecule has 7 nitrogen and oxygen atoms in total. The van der Waals surface area contributed by atoms with E-state index in [4.69, 9.17) is 15.2 Å². The number of benzene rings is 2. The van der Waals surface area contributed by atoms with Crippen molar-refractivity contribution in [1.29, 1.82) is 0 Å². The van der Waals surface area contributed by atoms with Crippen molar-refractivity contribution in [3.8, 4) is 11.5 Å². The van der Waals surface area contributed by atoms with Crippen LogP contribution in [0.2, 0.25) is 0 Å². The minimum atomic E-state index is -0.629. The maximum atomic E-state index is 12.3. The smallest absolute Gasteiger partial charge is 0.239 e. The molecule has 2 atom stereocenters. The number of β-amino-alcohol motifs (C(OH)–C–C–N with tert-alkyl or cyclic N) is 1. The van der Waals surface area contributed by atoms with E-state index in [2.05, 4.69) is 32.7 Å². The Hall–Kier alpha value is -2.13. The Kier molecular flexibility index (Phi) is 8.92. The van der Waals surface area contributed by atoms with Crippen LogP contribution in [-0.2, 0) is 11.2 Å². The number of carbonyl (C=O) groups excluding carboxylic acids is 1. The monoisotopic (exact) mass is 505 g/mol. The SMILES string of the molecule is CCc1ccc(C(C(N)=O)N2CCN(CC(O)COc3ccccc3OC)CC2)cc1Br. The van der Waals surface area contributed by atoms with Crippen molar-refractivity contribution in [2.24, 2.45) is 5.73 Å². The number of nitrogens with two attached hydrogens (primary N) is 1. The summed E-state index contributed by atoms with van der Waals surface area (Å²) in [6, 6.07) is 13.0. The molecule has 32 heavy (non-hydrogen) atoms. The Morgan fingerprint density at radius 1 is 1.16 bits per heavy atom. The number of rotatable bonds is 10. The zero-order chi connectivity index (χ0) is 23.1. The highest BCUT2D eigenvalue weighted by atomic mass is 79.9. The van der Waals surface area contributed by atoms with Crippen molar-refractivity contribution in [3.05, 3.63) is 58.1 Å². The van der Waals surface area contributed by atoms with E-state index in [9.17, 15) is 9.90 Å². The maximum Gasteiger partial charge on any atom is 0.239 e. The van der Waals surface area contributed by atoms with Crippen molar-refractivity contribution < 1.29 is 19.4 Å². The van der Waals surface area contributed by atoms with Crippen molar-refractivity contribution in [2.45, 2.75) is 25.5 Å². The molecule has 0 aromatic heterocycles. The van der Waals surface area contributed by atoms with Crippen molar-refractivity contribution in [3.63, 3.8) is 0 Å². The lowest BCUT2D eigenvalue weighted by Crippen LogP contribution is -2.52. The van der Waals surface area contributed by atoms with Crippen LogP contribution in [0, 0.1) is 0 Å². The van der Waals surface area contributed by atoms with Crippen LogP contribution in [0.3, 0.4) is 0 Å². The van der Waals surface area contributed by atoms with E-state index in [1.807, 2.05) is 42.5 Å². The highest BCUT2D eigenvalue weighted by Crippen LogP contribution is 2.28. The van der Waals surface area contributed by atoms with Gasteiger partial charge in [0, 0.05) is 37.2 Å². The van der Waals surface area contributed by atoms with Crippen molar-refractivity contribution in [2.75, 3.05) is 46.4 Å². The number of halogens is 1. The first-order valence-electron chi connectivity index (χ1n) is 10.9. The molecule has 2 aromatic carbocycles. The number of nitrogens with zero attached hydrogens (tertiary/aromatic N) is 2. The lowest BCUT2D eigenvalue weighted by Gasteiger charge is -2.39. The topological polar surface area (TPSA) is 88.3 Å². The lowest BCUT2D eigenvalue weighted by atomic mass is 10.0. The summed E-state index contributed by atoms with van der Waals surface area (Å²) in [5.74, 6) is 0.910. The number of hydrogen-bond donors (Lipinski definition) is 2. The van der Waals surface area contributed by atoms with Crippen LogP contribution in [0.1, 0.15) is 24.1 Å². The Labute approximate surface area is 198 Å². The number of primary amides is 1. The number of aliphatic hydroxyl groups excluding tert-OH is 1. The summed E-state index contributed by atoms with van der Waals surface area (Å²) in [6.45, 7) is 5.65. The summed E-state index contributed by atoms with van der Waals surface area (Å²) in [5.41, 5.74) is 7.88. The summed E-state index contributed by atoms with van der Waals surface area (Å²) >= 11 is 3.60. The number of aliphatic hydroxyl groups is 1. The summed E-state index contributed by atoms with van der Waals surface area (Å²) in [7, 11) is 1.59. The molecule has 3 rings (SSSR count). The van der Waals surface area contributed by atoms with Crippen molar-refractivity contribution in [1.82, 2.24) is 9.80 Å². The fourth-order valence-electron chi connectivity index (χ4n) is 4.05. The Balaban J connectivity index is 1.53. The number of ether oxygens (including phenoxy) is 2. The van der Waals surface area contributed by atoms with Crippen LogP contribution in [0.4, 0.5) is 0 Å². The Bertz CT molecular complexity index is 903. The fourth-order valence-corrected chi connectivity index (χ4v) is 4.73. The molecule has 1 saturated heterocycles. The van der Waals surface area contributed by atoms with E-state index < -0.39 is 12.1 Å². The molecular weight excluding hydrogens is 474 g/mol. The van der Waals surface area contributed by atoms with E-state index in [1.165, 1.54) is 5.56 Å². The van der Waals surface area contributed by atoms with Gasteiger partial charge in [0.1, 0.15) is 18.8 Å². The van der Waals surface area contributed by atoms with Gasteiger partial charge in [0.05, 0.1) is 7.11 Å². The van der Waals surface area contributed by atoms with E-state index in [-0.39, 0.29) is 12.5 Å². The highest BCUT2D eigenvalue weighted by molar-refractivity contribution is 9.10. The average molecular weight is 506 g/mol. The molecule has 2 aromatic rings. The summed E-state index contributed by atoms with van der Waals surface area (Å²) in [4.78, 5) is 16.6. The number of hydrogen-bond acceptors (Lipinski definition) is 6. The maximum absolute atomic E-state index is 12.3. The minimum Gasteiger partial charge on any atom is -0.493 e. The van der Waals surface area contributed by atoms with Crippen LogP contribution in [0.5, 0.6) is 11.5 Å². The molecule has 1 aliphatic heterocycles. The predicted octanol–water partition coefficient (Wildman–Crippen LogP) is 2.60. The number of carbonyl (C=O) groups is 1. The molecule has 8 heteroatoms. The van der Waals surface area contributed by atoms with Gasteiger partial charge in [-0.25, -0.2) is 0 Å². The third-order valence-corrected chi connectivity index (χ3v) is 6.52. The van der Waals surface area contributed by atoms with E-state index in [1.54, 1.807) is 7.11 Å². The van der Waals surface area contributed by atoms with Gasteiger partial charge in [-0.1, -0.05) is 47.1 Å². The molecular formula is C24H32BrN3O4. The molecule has 1 fully saturated rings. The van der Waals surface area contributed by atoms with Crippen LogP contribution < -0.4 is 15.2 Å². The molecule has 0 saturated carbocycles. The second kappa shape index (κ2) is 11.7. The van der Waals surface area contributed by atoms with E-state index in [0.29, 0.717) is 31.1 Å². The first kappa shape index (κ1) is 24.5. The van der Waals surface area contributed by atoms with Crippen molar-refractivity contribution >= 4 is 21.8 Å². The molecule has 1 aliphatic rings. The van der Waals surface area contributed by atoms with Gasteiger partial charge in [-0.15, -0.1) is 0 Å². The van der Waals surface area contributed by atoms with Crippen LogP contribution in [-0.4, -0.2) is 73.4 Å². The largest absolute Gasteiger partial charge is 0.493 e. The molecule has 174 valence electrons. The lowest BCUT2D eigenvalue weighted by molar-refractivity contribution is -0.124. The molecule has 0 bridgehead atoms. The second-order valence-electron chi connectivity index (χ2n) is 7.96. The molecule has 1 amide bonds. The molecule has 0 aliphatic carbocycles. The molecule has 1 heterocycles. The quantitative estimate of drug-likeness (QED) is 0.515. The standard InChI is InChI=1S/C24H32BrN3O4/c1-3-17-8-9-18(14-20(17)25)23(24(26)30)28-12-10-27(11-13-28)15-19(29)16-32-22-7-5-4-6-21(22)31-2/h4-9,14,19,23,29H,3,10-13,15-16H2,1-2H3,(H2,26,30). The summed E-state index contributed by atoms with van der Waals surface area (Å²) in [5, 5.41) is 10.4. The van der Waals surface area contributed by atoms with Gasteiger partial charge >= 0.3 is 0 Å². The zero-order valence-corrected chi connectivity index (χ0v) is 20.3. The number of aryl methyl sites for hydroxylation is 1. The predicted molar refractivity (Wildman–Crippen MR) is 128 cm³/mol. The summed E-state index contributed by atoms with van der Waals surface area (Å²) in [6.07, 6.45) is 0.292. The molecule has 0 spiro atoms. The van der Waals surface area contributed by atoms with Crippen LogP contribution in [0.15, 0.2) is 46.9 Å². The summed E-state index contributed by atoms with van der Waals surface area (Å²) < 4.78 is 12.0. The van der Waals surface area contributed by atoms with E-state index >= 15 is 0 Å². The third kappa shape index (κ3) is 6.22. The van der Waals surface area contributed by atoms with E-state index in [0.717, 1.165) is 29.5 Å². The fraction of sp³-hybridized carbons (Fsp3) is 0.458. The Morgan fingerprint density at radius 2 is 1.84 bits per heavy atom. The molecule has 3 N–H and O–H groups in total.